The predicted molar refractivity (Wildman–Crippen MR) is 98.6 cm³/mol. The lowest BCUT2D eigenvalue weighted by Crippen LogP contribution is -2.49. The normalized spacial score (nSPS) is 15.5. The van der Waals surface area contributed by atoms with E-state index in [0.717, 1.165) is 6.07 Å². The van der Waals surface area contributed by atoms with Crippen molar-refractivity contribution in [3.05, 3.63) is 51.4 Å². The molecule has 1 aromatic heterocycles. The molecule has 7 nitrogen and oxygen atoms in total. The van der Waals surface area contributed by atoms with Gasteiger partial charge in [0, 0.05) is 26.2 Å². The summed E-state index contributed by atoms with van der Waals surface area (Å²) >= 11 is 5.99. The van der Waals surface area contributed by atoms with Crippen LogP contribution in [0.5, 0.6) is 0 Å². The molecule has 0 unspecified atom stereocenters. The maximum absolute atomic E-state index is 13.0. The van der Waals surface area contributed by atoms with Crippen molar-refractivity contribution in [3.8, 4) is 0 Å². The first-order valence-electron chi connectivity index (χ1n) is 8.42. The first-order valence-corrected chi connectivity index (χ1v) is 8.80. The molecule has 3 rings (SSSR count). The van der Waals surface area contributed by atoms with Crippen LogP contribution in [0.3, 0.4) is 0 Å². The zero-order valence-electron chi connectivity index (χ0n) is 14.6. The largest absolute Gasteiger partial charge is 0.418 e. The van der Waals surface area contributed by atoms with E-state index in [-0.39, 0.29) is 17.3 Å². The zero-order valence-corrected chi connectivity index (χ0v) is 15.3. The molecule has 28 heavy (non-hydrogen) atoms. The molecule has 1 aliphatic heterocycles. The number of nitrogens with zero attached hydrogens (tertiary/aromatic N) is 3. The summed E-state index contributed by atoms with van der Waals surface area (Å²) in [5.41, 5.74) is -1.12. The number of carbonyl (C=O) groups is 1. The van der Waals surface area contributed by atoms with Crippen molar-refractivity contribution in [1.29, 1.82) is 0 Å². The summed E-state index contributed by atoms with van der Waals surface area (Å²) in [4.78, 5) is 27.4. The smallest absolute Gasteiger partial charge is 0.366 e. The number of halogens is 4. The maximum Gasteiger partial charge on any atom is 0.418 e. The SMILES string of the molecule is O=C(CN1CCN(c2cn[nH]c(=O)c2Cl)CC1)Nc1ccccc1C(F)(F)F. The number of alkyl halides is 3. The lowest BCUT2D eigenvalue weighted by Gasteiger charge is -2.35. The summed E-state index contributed by atoms with van der Waals surface area (Å²) in [5, 5.41) is 8.35. The van der Waals surface area contributed by atoms with Crippen molar-refractivity contribution >= 4 is 28.9 Å². The molecule has 0 radical (unpaired) electrons. The van der Waals surface area contributed by atoms with Crippen LogP contribution in [-0.4, -0.2) is 53.7 Å². The van der Waals surface area contributed by atoms with Gasteiger partial charge in [-0.1, -0.05) is 23.7 Å². The quantitative estimate of drug-likeness (QED) is 0.800. The van der Waals surface area contributed by atoms with Gasteiger partial charge in [0.15, 0.2) is 0 Å². The fourth-order valence-corrected chi connectivity index (χ4v) is 3.18. The van der Waals surface area contributed by atoms with E-state index >= 15 is 0 Å². The predicted octanol–water partition coefficient (Wildman–Crippen LogP) is 2.20. The molecule has 0 saturated carbocycles. The molecule has 0 atom stereocenters. The van der Waals surface area contributed by atoms with Gasteiger partial charge in [-0.25, -0.2) is 5.10 Å². The Morgan fingerprint density at radius 2 is 1.89 bits per heavy atom. The van der Waals surface area contributed by atoms with E-state index in [9.17, 15) is 22.8 Å². The third-order valence-corrected chi connectivity index (χ3v) is 4.73. The summed E-state index contributed by atoms with van der Waals surface area (Å²) in [5.74, 6) is -0.527. The number of rotatable bonds is 4. The van der Waals surface area contributed by atoms with Gasteiger partial charge in [-0.05, 0) is 12.1 Å². The molecule has 150 valence electrons. The van der Waals surface area contributed by atoms with Crippen LogP contribution in [0.1, 0.15) is 5.56 Å². The summed E-state index contributed by atoms with van der Waals surface area (Å²) in [6.07, 6.45) is -3.09. The molecule has 1 amide bonds. The Kier molecular flexibility index (Phi) is 5.90. The first-order chi connectivity index (χ1) is 13.3. The minimum atomic E-state index is -4.55. The molecule has 0 spiro atoms. The summed E-state index contributed by atoms with van der Waals surface area (Å²) in [6, 6.07) is 4.85. The average molecular weight is 416 g/mol. The second-order valence-corrected chi connectivity index (χ2v) is 6.63. The molecule has 1 saturated heterocycles. The molecule has 0 aliphatic carbocycles. The van der Waals surface area contributed by atoms with E-state index in [1.54, 1.807) is 0 Å². The minimum Gasteiger partial charge on any atom is -0.366 e. The average Bonchev–Trinajstić information content (AvgIpc) is 2.64. The zero-order chi connectivity index (χ0) is 20.3. The molecule has 2 N–H and O–H groups in total. The van der Waals surface area contributed by atoms with Crippen LogP contribution < -0.4 is 15.8 Å². The van der Waals surface area contributed by atoms with Crippen LogP contribution in [0.4, 0.5) is 24.5 Å². The van der Waals surface area contributed by atoms with Gasteiger partial charge in [0.25, 0.3) is 5.56 Å². The van der Waals surface area contributed by atoms with E-state index in [2.05, 4.69) is 15.5 Å². The first kappa shape index (κ1) is 20.2. The third-order valence-electron chi connectivity index (χ3n) is 4.36. The highest BCUT2D eigenvalue weighted by Gasteiger charge is 2.33. The number of piperazine rings is 1. The van der Waals surface area contributed by atoms with Crippen molar-refractivity contribution in [2.45, 2.75) is 6.18 Å². The van der Waals surface area contributed by atoms with E-state index in [1.165, 1.54) is 24.4 Å². The van der Waals surface area contributed by atoms with Crippen LogP contribution in [0.25, 0.3) is 0 Å². The molecule has 2 heterocycles. The molecule has 0 bridgehead atoms. The highest BCUT2D eigenvalue weighted by atomic mass is 35.5. The number of benzene rings is 1. The number of anilines is 2. The van der Waals surface area contributed by atoms with Crippen LogP contribution in [0.2, 0.25) is 5.02 Å². The Hall–Kier alpha value is -2.59. The van der Waals surface area contributed by atoms with Gasteiger partial charge >= 0.3 is 6.18 Å². The number of aromatic nitrogens is 2. The van der Waals surface area contributed by atoms with Crippen molar-refractivity contribution in [1.82, 2.24) is 15.1 Å². The van der Waals surface area contributed by atoms with Gasteiger partial charge in [0.05, 0.1) is 29.7 Å². The number of hydrogen-bond donors (Lipinski definition) is 2. The lowest BCUT2D eigenvalue weighted by molar-refractivity contribution is -0.137. The number of carbonyl (C=O) groups excluding carboxylic acids is 1. The Balaban J connectivity index is 1.58. The number of hydrogen-bond acceptors (Lipinski definition) is 5. The van der Waals surface area contributed by atoms with Gasteiger partial charge in [0.2, 0.25) is 5.91 Å². The minimum absolute atomic E-state index is 0.0403. The van der Waals surface area contributed by atoms with E-state index in [0.29, 0.717) is 31.9 Å². The Bertz CT molecular complexity index is 910. The molecule has 1 aromatic carbocycles. The third kappa shape index (κ3) is 4.63. The fraction of sp³-hybridized carbons (Fsp3) is 0.353. The topological polar surface area (TPSA) is 81.3 Å². The standard InChI is InChI=1S/C17H17ClF3N5O2/c18-15-13(9-22-24-16(15)28)26-7-5-25(6-8-26)10-14(27)23-12-4-2-1-3-11(12)17(19,20)21/h1-4,9H,5-8,10H2,(H,23,27)(H,24,28). The van der Waals surface area contributed by atoms with Crippen molar-refractivity contribution < 1.29 is 18.0 Å². The van der Waals surface area contributed by atoms with E-state index < -0.39 is 23.2 Å². The van der Waals surface area contributed by atoms with Gasteiger partial charge in [-0.15, -0.1) is 0 Å². The van der Waals surface area contributed by atoms with Gasteiger partial charge in [-0.3, -0.25) is 14.5 Å². The summed E-state index contributed by atoms with van der Waals surface area (Å²) in [6.45, 7) is 1.92. The highest BCUT2D eigenvalue weighted by molar-refractivity contribution is 6.33. The molecular weight excluding hydrogens is 399 g/mol. The van der Waals surface area contributed by atoms with Crippen molar-refractivity contribution in [2.75, 3.05) is 42.9 Å². The highest BCUT2D eigenvalue weighted by Crippen LogP contribution is 2.34. The molecule has 1 fully saturated rings. The van der Waals surface area contributed by atoms with Crippen LogP contribution in [0, 0.1) is 0 Å². The Morgan fingerprint density at radius 3 is 2.57 bits per heavy atom. The van der Waals surface area contributed by atoms with Crippen LogP contribution >= 0.6 is 11.6 Å². The number of H-pyrrole nitrogens is 1. The van der Waals surface area contributed by atoms with Crippen molar-refractivity contribution in [3.63, 3.8) is 0 Å². The van der Waals surface area contributed by atoms with Gasteiger partial charge < -0.3 is 10.2 Å². The molecule has 1 aliphatic rings. The van der Waals surface area contributed by atoms with Gasteiger partial charge in [0.1, 0.15) is 5.02 Å². The molecule has 11 heteroatoms. The summed E-state index contributed by atoms with van der Waals surface area (Å²) in [7, 11) is 0. The lowest BCUT2D eigenvalue weighted by atomic mass is 10.1. The Morgan fingerprint density at radius 1 is 1.21 bits per heavy atom. The molecular formula is C17H17ClF3N5O2. The fourth-order valence-electron chi connectivity index (χ4n) is 2.97. The molecule has 2 aromatic rings. The Labute approximate surface area is 163 Å². The summed E-state index contributed by atoms with van der Waals surface area (Å²) < 4.78 is 39.0. The van der Waals surface area contributed by atoms with Crippen LogP contribution in [-0.2, 0) is 11.0 Å². The van der Waals surface area contributed by atoms with E-state index in [4.69, 9.17) is 11.6 Å². The van der Waals surface area contributed by atoms with E-state index in [1.807, 2.05) is 9.80 Å². The van der Waals surface area contributed by atoms with Crippen molar-refractivity contribution in [2.24, 2.45) is 0 Å². The second kappa shape index (κ2) is 8.19. The van der Waals surface area contributed by atoms with Gasteiger partial charge in [-0.2, -0.15) is 18.3 Å². The maximum atomic E-state index is 13.0. The number of nitrogens with one attached hydrogen (secondary N) is 2. The monoisotopic (exact) mass is 415 g/mol. The second-order valence-electron chi connectivity index (χ2n) is 6.25. The number of amides is 1. The number of para-hydroxylation sites is 1. The number of aromatic amines is 1. The van der Waals surface area contributed by atoms with Crippen LogP contribution in [0.15, 0.2) is 35.3 Å².